The van der Waals surface area contributed by atoms with Gasteiger partial charge in [0.05, 0.1) is 6.61 Å². The molecule has 2 fully saturated rings. The van der Waals surface area contributed by atoms with Crippen LogP contribution < -0.4 is 0 Å². The summed E-state index contributed by atoms with van der Waals surface area (Å²) in [6, 6.07) is 2.11. The first-order chi connectivity index (χ1) is 9.61. The maximum absolute atomic E-state index is 12.1. The summed E-state index contributed by atoms with van der Waals surface area (Å²) >= 11 is 12.0. The standard InChI is InChI=1S/C13H15Cl2N3O2/c1-2-20-13(19)18-7-3-4-10(18)8(5-7)9-6-11(14)16-17-12(9)15/h6-8,10H,2-5H2,1H3/t7-,8?,10+/m1/s1. The van der Waals surface area contributed by atoms with Crippen LogP contribution in [0.4, 0.5) is 4.79 Å². The van der Waals surface area contributed by atoms with E-state index in [4.69, 9.17) is 27.9 Å². The summed E-state index contributed by atoms with van der Waals surface area (Å²) in [5, 5.41) is 8.30. The van der Waals surface area contributed by atoms with E-state index in [9.17, 15) is 4.79 Å². The quantitative estimate of drug-likeness (QED) is 0.840. The smallest absolute Gasteiger partial charge is 0.410 e. The van der Waals surface area contributed by atoms with Crippen LogP contribution in [0.2, 0.25) is 10.3 Å². The first kappa shape index (κ1) is 13.9. The number of ether oxygens (including phenoxy) is 1. The van der Waals surface area contributed by atoms with Gasteiger partial charge in [-0.2, -0.15) is 0 Å². The van der Waals surface area contributed by atoms with E-state index in [0.717, 1.165) is 24.8 Å². The lowest BCUT2D eigenvalue weighted by Crippen LogP contribution is -2.36. The Hall–Kier alpha value is -1.07. The van der Waals surface area contributed by atoms with Gasteiger partial charge in [0.15, 0.2) is 10.3 Å². The summed E-state index contributed by atoms with van der Waals surface area (Å²) in [4.78, 5) is 13.9. The molecule has 1 aromatic rings. The van der Waals surface area contributed by atoms with Crippen molar-refractivity contribution in [2.45, 2.75) is 44.2 Å². The maximum Gasteiger partial charge on any atom is 0.410 e. The average Bonchev–Trinajstić information content (AvgIpc) is 2.99. The predicted octanol–water partition coefficient (Wildman–Crippen LogP) is 3.26. The first-order valence-corrected chi connectivity index (χ1v) is 7.51. The number of aromatic nitrogens is 2. The van der Waals surface area contributed by atoms with Gasteiger partial charge >= 0.3 is 6.09 Å². The van der Waals surface area contributed by atoms with E-state index in [0.29, 0.717) is 16.9 Å². The molecule has 0 aromatic carbocycles. The molecule has 2 aliphatic rings. The average molecular weight is 316 g/mol. The molecule has 3 atom stereocenters. The molecule has 3 rings (SSSR count). The summed E-state index contributed by atoms with van der Waals surface area (Å²) in [5.41, 5.74) is 0.883. The van der Waals surface area contributed by atoms with Gasteiger partial charge in [-0.15, -0.1) is 10.2 Å². The van der Waals surface area contributed by atoms with Gasteiger partial charge in [0, 0.05) is 18.0 Å². The second-order valence-corrected chi connectivity index (χ2v) is 5.91. The van der Waals surface area contributed by atoms with Crippen LogP contribution in [0.3, 0.4) is 0 Å². The fraction of sp³-hybridized carbons (Fsp3) is 0.615. The molecule has 0 saturated carbocycles. The van der Waals surface area contributed by atoms with E-state index in [1.807, 2.05) is 11.8 Å². The largest absolute Gasteiger partial charge is 0.450 e. The summed E-state index contributed by atoms with van der Waals surface area (Å²) < 4.78 is 5.14. The zero-order valence-electron chi connectivity index (χ0n) is 11.1. The van der Waals surface area contributed by atoms with E-state index in [1.165, 1.54) is 0 Å². The molecule has 108 valence electrons. The third kappa shape index (κ3) is 2.23. The monoisotopic (exact) mass is 315 g/mol. The van der Waals surface area contributed by atoms with Crippen molar-refractivity contribution >= 4 is 29.3 Å². The van der Waals surface area contributed by atoms with Crippen molar-refractivity contribution in [3.05, 3.63) is 21.9 Å². The number of carbonyl (C=O) groups excluding carboxylic acids is 1. The van der Waals surface area contributed by atoms with Gasteiger partial charge in [-0.05, 0) is 37.8 Å². The summed E-state index contributed by atoms with van der Waals surface area (Å²) in [7, 11) is 0. The number of fused-ring (bicyclic) bond motifs is 2. The van der Waals surface area contributed by atoms with Crippen molar-refractivity contribution in [3.8, 4) is 0 Å². The molecule has 2 saturated heterocycles. The van der Waals surface area contributed by atoms with E-state index in [1.54, 1.807) is 6.07 Å². The molecule has 5 nitrogen and oxygen atoms in total. The number of amides is 1. The molecular formula is C13H15Cl2N3O2. The second kappa shape index (κ2) is 5.37. The molecule has 0 spiro atoms. The SMILES string of the molecule is CCOC(=O)N1[C@@H]2CC[C@H]1C(c1cc(Cl)nnc1Cl)C2. The number of nitrogens with zero attached hydrogens (tertiary/aromatic N) is 3. The van der Waals surface area contributed by atoms with Crippen molar-refractivity contribution < 1.29 is 9.53 Å². The number of halogens is 2. The second-order valence-electron chi connectivity index (χ2n) is 5.16. The third-order valence-corrected chi connectivity index (χ3v) is 4.64. The van der Waals surface area contributed by atoms with Crippen LogP contribution in [0, 0.1) is 0 Å². The van der Waals surface area contributed by atoms with E-state index in [-0.39, 0.29) is 24.1 Å². The van der Waals surface area contributed by atoms with Gasteiger partial charge in [0.1, 0.15) is 0 Å². The highest BCUT2D eigenvalue weighted by atomic mass is 35.5. The molecule has 20 heavy (non-hydrogen) atoms. The lowest BCUT2D eigenvalue weighted by atomic mass is 9.85. The van der Waals surface area contributed by atoms with Gasteiger partial charge in [-0.3, -0.25) is 0 Å². The lowest BCUT2D eigenvalue weighted by Gasteiger charge is -2.24. The zero-order chi connectivity index (χ0) is 14.3. The fourth-order valence-corrected chi connectivity index (χ4v) is 3.82. The molecule has 1 unspecified atom stereocenters. The Kier molecular flexibility index (Phi) is 3.73. The van der Waals surface area contributed by atoms with E-state index < -0.39 is 0 Å². The first-order valence-electron chi connectivity index (χ1n) is 6.75. The normalized spacial score (nSPS) is 27.9. The molecule has 3 heterocycles. The number of hydrogen-bond donors (Lipinski definition) is 0. The Morgan fingerprint density at radius 3 is 3.00 bits per heavy atom. The minimum absolute atomic E-state index is 0.122. The predicted molar refractivity (Wildman–Crippen MR) is 75.1 cm³/mol. The minimum Gasteiger partial charge on any atom is -0.450 e. The Labute approximate surface area is 127 Å². The molecule has 1 amide bonds. The molecule has 7 heteroatoms. The van der Waals surface area contributed by atoms with E-state index in [2.05, 4.69) is 10.2 Å². The van der Waals surface area contributed by atoms with Gasteiger partial charge in [-0.1, -0.05) is 23.2 Å². The summed E-state index contributed by atoms with van der Waals surface area (Å²) in [6.07, 6.45) is 2.63. The van der Waals surface area contributed by atoms with Crippen molar-refractivity contribution in [1.29, 1.82) is 0 Å². The Balaban J connectivity index is 1.87. The highest BCUT2D eigenvalue weighted by Gasteiger charge is 2.50. The van der Waals surface area contributed by atoms with Gasteiger partial charge < -0.3 is 9.64 Å². The molecule has 2 aliphatic heterocycles. The summed E-state index contributed by atoms with van der Waals surface area (Å²) in [6.45, 7) is 2.21. The molecule has 0 N–H and O–H groups in total. The van der Waals surface area contributed by atoms with E-state index >= 15 is 0 Å². The topological polar surface area (TPSA) is 55.3 Å². The van der Waals surface area contributed by atoms with Crippen LogP contribution in [0.5, 0.6) is 0 Å². The fourth-order valence-electron chi connectivity index (χ4n) is 3.43. The highest BCUT2D eigenvalue weighted by molar-refractivity contribution is 6.31. The maximum atomic E-state index is 12.1. The number of carbonyl (C=O) groups is 1. The van der Waals surface area contributed by atoms with Crippen LogP contribution >= 0.6 is 23.2 Å². The third-order valence-electron chi connectivity index (χ3n) is 4.16. The van der Waals surface area contributed by atoms with Crippen molar-refractivity contribution in [2.24, 2.45) is 0 Å². The van der Waals surface area contributed by atoms with Crippen molar-refractivity contribution in [3.63, 3.8) is 0 Å². The van der Waals surface area contributed by atoms with Crippen LogP contribution in [-0.4, -0.2) is 39.9 Å². The van der Waals surface area contributed by atoms with Crippen LogP contribution in [0.25, 0.3) is 0 Å². The Morgan fingerprint density at radius 1 is 1.45 bits per heavy atom. The van der Waals surface area contributed by atoms with Gasteiger partial charge in [-0.25, -0.2) is 4.79 Å². The molecular weight excluding hydrogens is 301 g/mol. The molecule has 2 bridgehead atoms. The van der Waals surface area contributed by atoms with Crippen molar-refractivity contribution in [2.75, 3.05) is 6.61 Å². The molecule has 0 radical (unpaired) electrons. The van der Waals surface area contributed by atoms with Crippen molar-refractivity contribution in [1.82, 2.24) is 15.1 Å². The lowest BCUT2D eigenvalue weighted by molar-refractivity contribution is 0.101. The Morgan fingerprint density at radius 2 is 2.25 bits per heavy atom. The summed E-state index contributed by atoms with van der Waals surface area (Å²) in [5.74, 6) is 0.165. The highest BCUT2D eigenvalue weighted by Crippen LogP contribution is 2.48. The Bertz CT molecular complexity index is 540. The van der Waals surface area contributed by atoms with Crippen LogP contribution in [-0.2, 0) is 4.74 Å². The zero-order valence-corrected chi connectivity index (χ0v) is 12.6. The van der Waals surface area contributed by atoms with Crippen LogP contribution in [0.1, 0.15) is 37.7 Å². The van der Waals surface area contributed by atoms with Gasteiger partial charge in [0.25, 0.3) is 0 Å². The molecule has 0 aliphatic carbocycles. The number of rotatable bonds is 2. The van der Waals surface area contributed by atoms with Crippen LogP contribution in [0.15, 0.2) is 6.07 Å². The van der Waals surface area contributed by atoms with Gasteiger partial charge in [0.2, 0.25) is 0 Å². The number of hydrogen-bond acceptors (Lipinski definition) is 4. The molecule has 1 aromatic heterocycles. The minimum atomic E-state index is -0.230.